The highest BCUT2D eigenvalue weighted by molar-refractivity contribution is 7.18. The molecule has 1 aromatic carbocycles. The van der Waals surface area contributed by atoms with E-state index < -0.39 is 0 Å². The van der Waals surface area contributed by atoms with Crippen molar-refractivity contribution >= 4 is 33.2 Å². The van der Waals surface area contributed by atoms with E-state index in [4.69, 9.17) is 21.1 Å². The van der Waals surface area contributed by atoms with E-state index >= 15 is 0 Å². The summed E-state index contributed by atoms with van der Waals surface area (Å²) in [4.78, 5) is 11.0. The number of nitrogens with zero attached hydrogens (tertiary/aromatic N) is 2. The molecular weight excluding hydrogens is 308 g/mol. The molecule has 3 rings (SSSR count). The number of aryl methyl sites for hydroxylation is 1. The lowest BCUT2D eigenvalue weighted by atomic mass is 10.2. The average molecular weight is 321 g/mol. The predicted molar refractivity (Wildman–Crippen MR) is 85.7 cm³/mol. The van der Waals surface area contributed by atoms with Crippen molar-refractivity contribution in [3.05, 3.63) is 34.3 Å². The van der Waals surface area contributed by atoms with Crippen LogP contribution in [0, 0.1) is 6.92 Å². The predicted octanol–water partition coefficient (Wildman–Crippen LogP) is 4.34. The molecule has 0 unspecified atom stereocenters. The van der Waals surface area contributed by atoms with Gasteiger partial charge in [0.25, 0.3) is 0 Å². The molecule has 21 heavy (non-hydrogen) atoms. The summed E-state index contributed by atoms with van der Waals surface area (Å²) in [6, 6.07) is 7.56. The van der Waals surface area contributed by atoms with Crippen molar-refractivity contribution in [2.75, 3.05) is 14.2 Å². The molecule has 0 N–H and O–H groups in total. The number of ether oxygens (including phenoxy) is 2. The van der Waals surface area contributed by atoms with Crippen molar-refractivity contribution in [1.82, 2.24) is 9.97 Å². The van der Waals surface area contributed by atoms with E-state index in [0.29, 0.717) is 22.5 Å². The van der Waals surface area contributed by atoms with Crippen LogP contribution in [-0.2, 0) is 0 Å². The monoisotopic (exact) mass is 320 g/mol. The van der Waals surface area contributed by atoms with E-state index in [9.17, 15) is 0 Å². The summed E-state index contributed by atoms with van der Waals surface area (Å²) < 4.78 is 10.5. The Hall–Kier alpha value is -1.85. The molecule has 0 saturated carbocycles. The lowest BCUT2D eigenvalue weighted by molar-refractivity contribution is 0.355. The Bertz CT molecular complexity index is 817. The van der Waals surface area contributed by atoms with Crippen LogP contribution < -0.4 is 9.47 Å². The fourth-order valence-electron chi connectivity index (χ4n) is 2.11. The molecule has 2 heterocycles. The number of halogens is 1. The molecule has 0 aliphatic carbocycles. The fraction of sp³-hybridized carbons (Fsp3) is 0.200. The van der Waals surface area contributed by atoms with Gasteiger partial charge in [0.05, 0.1) is 14.2 Å². The molecule has 0 aliphatic rings. The SMILES string of the molecule is COc1ccc(-c2nc(Cl)c3cc(C)sc3n2)cc1OC. The smallest absolute Gasteiger partial charge is 0.162 e. The van der Waals surface area contributed by atoms with Gasteiger partial charge in [0.2, 0.25) is 0 Å². The third-order valence-corrected chi connectivity index (χ3v) is 4.34. The number of thiophene rings is 1. The van der Waals surface area contributed by atoms with E-state index in [-0.39, 0.29) is 0 Å². The minimum Gasteiger partial charge on any atom is -0.493 e. The number of rotatable bonds is 3. The number of methoxy groups -OCH3 is 2. The number of benzene rings is 1. The summed E-state index contributed by atoms with van der Waals surface area (Å²) in [5.41, 5.74) is 0.836. The lowest BCUT2D eigenvalue weighted by Crippen LogP contribution is -1.93. The molecule has 0 atom stereocenters. The van der Waals surface area contributed by atoms with Crippen LogP contribution in [0.2, 0.25) is 5.15 Å². The van der Waals surface area contributed by atoms with Gasteiger partial charge in [-0.05, 0) is 31.2 Å². The van der Waals surface area contributed by atoms with Crippen LogP contribution in [0.5, 0.6) is 11.5 Å². The van der Waals surface area contributed by atoms with E-state index in [1.807, 2.05) is 31.2 Å². The van der Waals surface area contributed by atoms with Gasteiger partial charge >= 0.3 is 0 Å². The van der Waals surface area contributed by atoms with Gasteiger partial charge in [0.1, 0.15) is 9.98 Å². The number of aromatic nitrogens is 2. The summed E-state index contributed by atoms with van der Waals surface area (Å²) in [7, 11) is 3.20. The highest BCUT2D eigenvalue weighted by Gasteiger charge is 2.12. The van der Waals surface area contributed by atoms with Crippen molar-refractivity contribution in [3.8, 4) is 22.9 Å². The Morgan fingerprint density at radius 3 is 2.52 bits per heavy atom. The quantitative estimate of drug-likeness (QED) is 0.673. The Morgan fingerprint density at radius 1 is 1.05 bits per heavy atom. The molecule has 4 nitrogen and oxygen atoms in total. The first-order chi connectivity index (χ1) is 10.1. The zero-order valence-electron chi connectivity index (χ0n) is 11.8. The summed E-state index contributed by atoms with van der Waals surface area (Å²) in [6.07, 6.45) is 0. The van der Waals surface area contributed by atoms with Gasteiger partial charge in [-0.3, -0.25) is 0 Å². The number of hydrogen-bond acceptors (Lipinski definition) is 5. The molecule has 0 radical (unpaired) electrons. The fourth-order valence-corrected chi connectivity index (χ4v) is 3.27. The second-order valence-corrected chi connectivity index (χ2v) is 6.08. The molecule has 0 amide bonds. The van der Waals surface area contributed by atoms with Crippen LogP contribution in [-0.4, -0.2) is 24.2 Å². The van der Waals surface area contributed by atoms with E-state index in [1.165, 1.54) is 0 Å². The van der Waals surface area contributed by atoms with E-state index in [2.05, 4.69) is 9.97 Å². The van der Waals surface area contributed by atoms with Crippen LogP contribution in [0.1, 0.15) is 4.88 Å². The molecule has 0 fully saturated rings. The maximum Gasteiger partial charge on any atom is 0.162 e. The first-order valence-corrected chi connectivity index (χ1v) is 7.48. The molecule has 3 aromatic rings. The minimum absolute atomic E-state index is 0.467. The van der Waals surface area contributed by atoms with Crippen LogP contribution in [0.15, 0.2) is 24.3 Å². The Kier molecular flexibility index (Phi) is 3.69. The van der Waals surface area contributed by atoms with E-state index in [0.717, 1.165) is 20.7 Å². The molecule has 108 valence electrons. The lowest BCUT2D eigenvalue weighted by Gasteiger charge is -2.09. The molecule has 0 bridgehead atoms. The maximum absolute atomic E-state index is 6.26. The Balaban J connectivity index is 2.15. The van der Waals surface area contributed by atoms with Crippen molar-refractivity contribution in [3.63, 3.8) is 0 Å². The van der Waals surface area contributed by atoms with Gasteiger partial charge in [-0.2, -0.15) is 0 Å². The van der Waals surface area contributed by atoms with Crippen LogP contribution in [0.3, 0.4) is 0 Å². The normalized spacial score (nSPS) is 10.9. The van der Waals surface area contributed by atoms with Gasteiger partial charge in [-0.15, -0.1) is 11.3 Å². The van der Waals surface area contributed by atoms with Crippen molar-refractivity contribution in [2.45, 2.75) is 6.92 Å². The summed E-state index contributed by atoms with van der Waals surface area (Å²) in [5.74, 6) is 1.88. The van der Waals surface area contributed by atoms with Crippen LogP contribution in [0.25, 0.3) is 21.6 Å². The zero-order valence-corrected chi connectivity index (χ0v) is 13.4. The van der Waals surface area contributed by atoms with Gasteiger partial charge in [-0.25, -0.2) is 9.97 Å². The van der Waals surface area contributed by atoms with Crippen molar-refractivity contribution < 1.29 is 9.47 Å². The summed E-state index contributed by atoms with van der Waals surface area (Å²) >= 11 is 7.86. The third kappa shape index (κ3) is 2.54. The van der Waals surface area contributed by atoms with Crippen molar-refractivity contribution in [2.24, 2.45) is 0 Å². The number of fused-ring (bicyclic) bond motifs is 1. The highest BCUT2D eigenvalue weighted by Crippen LogP contribution is 2.34. The first-order valence-electron chi connectivity index (χ1n) is 6.28. The molecule has 6 heteroatoms. The van der Waals surface area contributed by atoms with Crippen LogP contribution >= 0.6 is 22.9 Å². The minimum atomic E-state index is 0.467. The summed E-state index contributed by atoms with van der Waals surface area (Å²) in [6.45, 7) is 2.03. The topological polar surface area (TPSA) is 44.2 Å². The Labute approximate surface area is 131 Å². The van der Waals surface area contributed by atoms with Gasteiger partial charge in [0, 0.05) is 15.8 Å². The molecule has 0 spiro atoms. The molecular formula is C15H13ClN2O2S. The van der Waals surface area contributed by atoms with Gasteiger partial charge in [0.15, 0.2) is 17.3 Å². The third-order valence-electron chi connectivity index (χ3n) is 3.11. The van der Waals surface area contributed by atoms with Gasteiger partial charge < -0.3 is 9.47 Å². The van der Waals surface area contributed by atoms with Crippen LogP contribution in [0.4, 0.5) is 0 Å². The standard InChI is InChI=1S/C15H13ClN2O2S/c1-8-6-10-13(16)17-14(18-15(10)21-8)9-4-5-11(19-2)12(7-9)20-3/h4-7H,1-3H3. The Morgan fingerprint density at radius 2 is 1.81 bits per heavy atom. The largest absolute Gasteiger partial charge is 0.493 e. The molecule has 2 aromatic heterocycles. The summed E-state index contributed by atoms with van der Waals surface area (Å²) in [5, 5.41) is 1.36. The molecule has 0 aliphatic heterocycles. The number of hydrogen-bond donors (Lipinski definition) is 0. The van der Waals surface area contributed by atoms with E-state index in [1.54, 1.807) is 25.6 Å². The second kappa shape index (κ2) is 5.50. The maximum atomic E-state index is 6.26. The molecule has 0 saturated heterocycles. The second-order valence-electron chi connectivity index (χ2n) is 4.48. The zero-order chi connectivity index (χ0) is 15.0. The first kappa shape index (κ1) is 14.1. The average Bonchev–Trinajstić information content (AvgIpc) is 2.87. The highest BCUT2D eigenvalue weighted by atomic mass is 35.5. The van der Waals surface area contributed by atoms with Gasteiger partial charge in [-0.1, -0.05) is 11.6 Å². The van der Waals surface area contributed by atoms with Crippen molar-refractivity contribution in [1.29, 1.82) is 0 Å².